The Morgan fingerprint density at radius 1 is 1.30 bits per heavy atom. The number of nitrogen functional groups attached to an aromatic ring is 1. The van der Waals surface area contributed by atoms with Crippen LogP contribution in [-0.4, -0.2) is 31.0 Å². The second-order valence-corrected chi connectivity index (χ2v) is 4.95. The minimum atomic E-state index is -0.0469. The number of hydrogen-bond donors (Lipinski definition) is 1. The average molecular weight is 278 g/mol. The van der Waals surface area contributed by atoms with Gasteiger partial charge in [0.2, 0.25) is 0 Å². The standard InChI is InChI=1S/C16H26N2O2/c1-5-12(6-2)11-18(7-3)16(19)15-13(17)9-8-10-14(15)20-4/h8-10,12H,5-7,11,17H2,1-4H3. The summed E-state index contributed by atoms with van der Waals surface area (Å²) in [5.74, 6) is 1.02. The van der Waals surface area contributed by atoms with Gasteiger partial charge in [0, 0.05) is 18.8 Å². The zero-order chi connectivity index (χ0) is 15.1. The second-order valence-electron chi connectivity index (χ2n) is 4.95. The normalized spacial score (nSPS) is 10.7. The van der Waals surface area contributed by atoms with Crippen molar-refractivity contribution in [1.29, 1.82) is 0 Å². The van der Waals surface area contributed by atoms with Crippen molar-refractivity contribution < 1.29 is 9.53 Å². The van der Waals surface area contributed by atoms with E-state index in [1.54, 1.807) is 25.3 Å². The predicted molar refractivity (Wildman–Crippen MR) is 83.1 cm³/mol. The number of ether oxygens (including phenoxy) is 1. The SMILES string of the molecule is CCC(CC)CN(CC)C(=O)c1c(N)cccc1OC. The number of methoxy groups -OCH3 is 1. The quantitative estimate of drug-likeness (QED) is 0.779. The number of hydrogen-bond acceptors (Lipinski definition) is 3. The fraction of sp³-hybridized carbons (Fsp3) is 0.562. The van der Waals surface area contributed by atoms with Crippen molar-refractivity contribution in [2.75, 3.05) is 25.9 Å². The Balaban J connectivity index is 3.02. The van der Waals surface area contributed by atoms with Gasteiger partial charge in [0.15, 0.2) is 0 Å². The smallest absolute Gasteiger partial charge is 0.259 e. The van der Waals surface area contributed by atoms with Gasteiger partial charge in [-0.15, -0.1) is 0 Å². The molecule has 112 valence electrons. The fourth-order valence-electron chi connectivity index (χ4n) is 2.32. The first kappa shape index (κ1) is 16.3. The van der Waals surface area contributed by atoms with Gasteiger partial charge >= 0.3 is 0 Å². The van der Waals surface area contributed by atoms with E-state index in [9.17, 15) is 4.79 Å². The molecule has 4 heteroatoms. The molecule has 1 amide bonds. The van der Waals surface area contributed by atoms with Crippen LogP contribution in [0.3, 0.4) is 0 Å². The van der Waals surface area contributed by atoms with E-state index in [-0.39, 0.29) is 5.91 Å². The Bertz CT molecular complexity index is 442. The molecule has 1 aromatic carbocycles. The third-order valence-electron chi connectivity index (χ3n) is 3.79. The number of carbonyl (C=O) groups excluding carboxylic acids is 1. The van der Waals surface area contributed by atoms with Crippen LogP contribution in [0.25, 0.3) is 0 Å². The number of carbonyl (C=O) groups is 1. The lowest BCUT2D eigenvalue weighted by molar-refractivity contribution is 0.0732. The Labute approximate surface area is 121 Å². The summed E-state index contributed by atoms with van der Waals surface area (Å²) in [7, 11) is 1.56. The highest BCUT2D eigenvalue weighted by Crippen LogP contribution is 2.26. The Morgan fingerprint density at radius 2 is 1.95 bits per heavy atom. The van der Waals surface area contributed by atoms with E-state index in [4.69, 9.17) is 10.5 Å². The van der Waals surface area contributed by atoms with Crippen LogP contribution in [0.5, 0.6) is 5.75 Å². The maximum absolute atomic E-state index is 12.7. The van der Waals surface area contributed by atoms with Crippen molar-refractivity contribution in [3.05, 3.63) is 23.8 Å². The molecule has 2 N–H and O–H groups in total. The van der Waals surface area contributed by atoms with Gasteiger partial charge in [-0.1, -0.05) is 32.8 Å². The van der Waals surface area contributed by atoms with E-state index in [1.807, 2.05) is 11.8 Å². The van der Waals surface area contributed by atoms with Gasteiger partial charge < -0.3 is 15.4 Å². The molecule has 0 aromatic heterocycles. The highest BCUT2D eigenvalue weighted by molar-refractivity contribution is 6.01. The molecule has 0 atom stereocenters. The van der Waals surface area contributed by atoms with Crippen LogP contribution in [0.1, 0.15) is 44.0 Å². The number of amides is 1. The molecule has 0 aliphatic carbocycles. The topological polar surface area (TPSA) is 55.6 Å². The number of nitrogens with zero attached hydrogens (tertiary/aromatic N) is 1. The van der Waals surface area contributed by atoms with Gasteiger partial charge in [-0.25, -0.2) is 0 Å². The summed E-state index contributed by atoms with van der Waals surface area (Å²) in [6.07, 6.45) is 2.14. The highest BCUT2D eigenvalue weighted by atomic mass is 16.5. The average Bonchev–Trinajstić information content (AvgIpc) is 2.47. The van der Waals surface area contributed by atoms with E-state index in [0.717, 1.165) is 19.4 Å². The lowest BCUT2D eigenvalue weighted by atomic mass is 10.0. The summed E-state index contributed by atoms with van der Waals surface area (Å²) >= 11 is 0. The molecule has 0 aliphatic rings. The third-order valence-corrected chi connectivity index (χ3v) is 3.79. The van der Waals surface area contributed by atoms with Crippen molar-refractivity contribution in [2.24, 2.45) is 5.92 Å². The van der Waals surface area contributed by atoms with Gasteiger partial charge in [0.05, 0.1) is 7.11 Å². The van der Waals surface area contributed by atoms with Crippen LogP contribution < -0.4 is 10.5 Å². The minimum absolute atomic E-state index is 0.0469. The molecular weight excluding hydrogens is 252 g/mol. The highest BCUT2D eigenvalue weighted by Gasteiger charge is 2.22. The van der Waals surface area contributed by atoms with Gasteiger partial charge in [-0.05, 0) is 25.0 Å². The van der Waals surface area contributed by atoms with Crippen LogP contribution in [0, 0.1) is 5.92 Å². The monoisotopic (exact) mass is 278 g/mol. The van der Waals surface area contributed by atoms with Gasteiger partial charge in [-0.2, -0.15) is 0 Å². The molecule has 0 fully saturated rings. The zero-order valence-corrected chi connectivity index (χ0v) is 13.0. The molecule has 0 bridgehead atoms. The van der Waals surface area contributed by atoms with E-state index >= 15 is 0 Å². The molecule has 0 heterocycles. The lowest BCUT2D eigenvalue weighted by Crippen LogP contribution is -2.35. The molecule has 0 spiro atoms. The molecule has 0 unspecified atom stereocenters. The maximum Gasteiger partial charge on any atom is 0.259 e. The van der Waals surface area contributed by atoms with Gasteiger partial charge in [0.25, 0.3) is 5.91 Å². The van der Waals surface area contributed by atoms with Crippen LogP contribution in [0.15, 0.2) is 18.2 Å². The maximum atomic E-state index is 12.7. The molecule has 1 rings (SSSR count). The number of nitrogens with two attached hydrogens (primary N) is 1. The number of anilines is 1. The molecule has 0 radical (unpaired) electrons. The van der Waals surface area contributed by atoms with Crippen LogP contribution in [0.4, 0.5) is 5.69 Å². The van der Waals surface area contributed by atoms with Gasteiger partial charge in [0.1, 0.15) is 11.3 Å². The van der Waals surface area contributed by atoms with E-state index in [0.29, 0.717) is 29.5 Å². The third kappa shape index (κ3) is 3.65. The summed E-state index contributed by atoms with van der Waals surface area (Å²) in [5.41, 5.74) is 6.90. The van der Waals surface area contributed by atoms with Crippen molar-refractivity contribution in [3.63, 3.8) is 0 Å². The summed E-state index contributed by atoms with van der Waals surface area (Å²) in [5, 5.41) is 0. The Hall–Kier alpha value is -1.71. The van der Waals surface area contributed by atoms with Crippen LogP contribution in [0.2, 0.25) is 0 Å². The molecular formula is C16H26N2O2. The zero-order valence-electron chi connectivity index (χ0n) is 13.0. The van der Waals surface area contributed by atoms with Crippen molar-refractivity contribution in [2.45, 2.75) is 33.6 Å². The first-order chi connectivity index (χ1) is 9.58. The summed E-state index contributed by atoms with van der Waals surface area (Å²) < 4.78 is 5.27. The molecule has 0 saturated heterocycles. The first-order valence-corrected chi connectivity index (χ1v) is 7.30. The minimum Gasteiger partial charge on any atom is -0.496 e. The second kappa shape index (κ2) is 7.78. The van der Waals surface area contributed by atoms with Crippen LogP contribution in [-0.2, 0) is 0 Å². The summed E-state index contributed by atoms with van der Waals surface area (Å²) in [6, 6.07) is 5.30. The number of rotatable bonds is 7. The molecule has 0 saturated carbocycles. The van der Waals surface area contributed by atoms with Crippen molar-refractivity contribution in [3.8, 4) is 5.75 Å². The largest absolute Gasteiger partial charge is 0.496 e. The summed E-state index contributed by atoms with van der Waals surface area (Å²) in [6.45, 7) is 7.74. The Morgan fingerprint density at radius 3 is 2.45 bits per heavy atom. The van der Waals surface area contributed by atoms with E-state index in [1.165, 1.54) is 0 Å². The molecule has 4 nitrogen and oxygen atoms in total. The lowest BCUT2D eigenvalue weighted by Gasteiger charge is -2.26. The van der Waals surface area contributed by atoms with Gasteiger partial charge in [-0.3, -0.25) is 4.79 Å². The first-order valence-electron chi connectivity index (χ1n) is 7.30. The van der Waals surface area contributed by atoms with Crippen LogP contribution >= 0.6 is 0 Å². The molecule has 0 aliphatic heterocycles. The van der Waals surface area contributed by atoms with Crippen molar-refractivity contribution in [1.82, 2.24) is 4.90 Å². The number of benzene rings is 1. The Kier molecular flexibility index (Phi) is 6.36. The summed E-state index contributed by atoms with van der Waals surface area (Å²) in [4.78, 5) is 14.6. The van der Waals surface area contributed by atoms with E-state index in [2.05, 4.69) is 13.8 Å². The van der Waals surface area contributed by atoms with E-state index < -0.39 is 0 Å². The molecule has 20 heavy (non-hydrogen) atoms. The fourth-order valence-corrected chi connectivity index (χ4v) is 2.32. The molecule has 1 aromatic rings. The predicted octanol–water partition coefficient (Wildman–Crippen LogP) is 3.18. The van der Waals surface area contributed by atoms with Crippen molar-refractivity contribution >= 4 is 11.6 Å².